The SMILES string of the molecule is O=C(O)[C@H]1CC[C@H](n2c(Nc3c(Cl)cc(F)cc3Cl)nc3cnc(NC4CCOCC4)nc32)CC1. The minimum Gasteiger partial charge on any atom is -0.481 e. The van der Waals surface area contributed by atoms with Crippen molar-refractivity contribution in [2.75, 3.05) is 23.8 Å². The van der Waals surface area contributed by atoms with Gasteiger partial charge in [-0.1, -0.05) is 23.2 Å². The summed E-state index contributed by atoms with van der Waals surface area (Å²) in [5, 5.41) is 16.2. The van der Waals surface area contributed by atoms with Crippen LogP contribution in [0.2, 0.25) is 10.0 Å². The van der Waals surface area contributed by atoms with Crippen molar-refractivity contribution in [3.05, 3.63) is 34.2 Å². The number of nitrogens with zero attached hydrogens (tertiary/aromatic N) is 4. The van der Waals surface area contributed by atoms with Crippen molar-refractivity contribution in [3.63, 3.8) is 0 Å². The predicted octanol–water partition coefficient (Wildman–Crippen LogP) is 5.42. The van der Waals surface area contributed by atoms with E-state index in [1.54, 1.807) is 6.20 Å². The summed E-state index contributed by atoms with van der Waals surface area (Å²) in [6, 6.07) is 2.53. The number of nitrogens with one attached hydrogen (secondary N) is 2. The molecule has 0 unspecified atom stereocenters. The summed E-state index contributed by atoms with van der Waals surface area (Å²) < 4.78 is 21.1. The Kier molecular flexibility index (Phi) is 6.95. The Morgan fingerprint density at radius 1 is 1.09 bits per heavy atom. The lowest BCUT2D eigenvalue weighted by Crippen LogP contribution is -2.28. The number of benzene rings is 1. The molecular formula is C23H25Cl2FN6O3. The Bertz CT molecular complexity index is 1220. The number of fused-ring (bicyclic) bond motifs is 1. The van der Waals surface area contributed by atoms with Crippen LogP contribution in [0, 0.1) is 11.7 Å². The molecule has 3 N–H and O–H groups in total. The monoisotopic (exact) mass is 522 g/mol. The van der Waals surface area contributed by atoms with Crippen LogP contribution in [0.15, 0.2) is 18.3 Å². The minimum atomic E-state index is -0.771. The molecule has 2 aromatic heterocycles. The van der Waals surface area contributed by atoms with Crippen LogP contribution in [-0.4, -0.2) is 49.9 Å². The summed E-state index contributed by atoms with van der Waals surface area (Å²) in [6.07, 6.45) is 5.79. The van der Waals surface area contributed by atoms with E-state index in [9.17, 15) is 14.3 Å². The highest BCUT2D eigenvalue weighted by atomic mass is 35.5. The van der Waals surface area contributed by atoms with Gasteiger partial charge in [0.2, 0.25) is 11.9 Å². The highest BCUT2D eigenvalue weighted by molar-refractivity contribution is 6.39. The fourth-order valence-electron chi connectivity index (χ4n) is 4.77. The van der Waals surface area contributed by atoms with Crippen molar-refractivity contribution in [1.29, 1.82) is 0 Å². The van der Waals surface area contributed by atoms with Gasteiger partial charge < -0.3 is 20.5 Å². The van der Waals surface area contributed by atoms with Gasteiger partial charge in [-0.15, -0.1) is 0 Å². The molecule has 2 aliphatic rings. The van der Waals surface area contributed by atoms with Crippen LogP contribution in [0.3, 0.4) is 0 Å². The lowest BCUT2D eigenvalue weighted by atomic mass is 9.86. The Morgan fingerprint density at radius 3 is 2.43 bits per heavy atom. The average Bonchev–Trinajstić information content (AvgIpc) is 3.19. The van der Waals surface area contributed by atoms with E-state index in [2.05, 4.69) is 20.6 Å². The van der Waals surface area contributed by atoms with Crippen molar-refractivity contribution in [1.82, 2.24) is 19.5 Å². The summed E-state index contributed by atoms with van der Waals surface area (Å²) >= 11 is 12.5. The lowest BCUT2D eigenvalue weighted by Gasteiger charge is -2.28. The van der Waals surface area contributed by atoms with Crippen LogP contribution in [0.1, 0.15) is 44.6 Å². The van der Waals surface area contributed by atoms with E-state index >= 15 is 0 Å². The first-order chi connectivity index (χ1) is 16.9. The standard InChI is InChI=1S/C23H25Cl2FN6O3/c24-16-9-13(26)10-17(25)19(16)30-23-29-18-11-27-22(28-14-5-7-35-8-6-14)31-20(18)32(23)15-3-1-12(2-4-15)21(33)34/h9-12,14-15H,1-8H2,(H,29,30)(H,33,34)(H,27,28,31)/t12-,15-. The van der Waals surface area contributed by atoms with E-state index in [-0.39, 0.29) is 28.0 Å². The molecule has 1 saturated heterocycles. The van der Waals surface area contributed by atoms with Gasteiger partial charge in [-0.25, -0.2) is 14.4 Å². The second kappa shape index (κ2) is 10.1. The first-order valence-corrected chi connectivity index (χ1v) is 12.4. The molecule has 0 bridgehead atoms. The predicted molar refractivity (Wildman–Crippen MR) is 131 cm³/mol. The number of carbonyl (C=O) groups is 1. The second-order valence-electron chi connectivity index (χ2n) is 8.95. The van der Waals surface area contributed by atoms with E-state index in [1.807, 2.05) is 4.57 Å². The third-order valence-corrected chi connectivity index (χ3v) is 7.24. The van der Waals surface area contributed by atoms with E-state index < -0.39 is 11.8 Å². The molecule has 2 fully saturated rings. The summed E-state index contributed by atoms with van der Waals surface area (Å²) in [4.78, 5) is 25.4. The van der Waals surface area contributed by atoms with E-state index in [0.717, 1.165) is 12.8 Å². The van der Waals surface area contributed by atoms with Crippen LogP contribution in [-0.2, 0) is 9.53 Å². The molecule has 3 aromatic rings. The number of halogens is 3. The summed E-state index contributed by atoms with van der Waals surface area (Å²) in [5.74, 6) is -0.743. The fourth-order valence-corrected chi connectivity index (χ4v) is 5.33. The van der Waals surface area contributed by atoms with Crippen molar-refractivity contribution in [2.24, 2.45) is 5.92 Å². The smallest absolute Gasteiger partial charge is 0.306 e. The maximum Gasteiger partial charge on any atom is 0.306 e. The normalized spacial score (nSPS) is 21.2. The molecule has 35 heavy (non-hydrogen) atoms. The number of imidazole rings is 1. The number of aliphatic carboxylic acids is 1. The van der Waals surface area contributed by atoms with Gasteiger partial charge in [-0.05, 0) is 50.7 Å². The Hall–Kier alpha value is -2.69. The Balaban J connectivity index is 1.52. The Labute approximate surface area is 211 Å². The fraction of sp³-hybridized carbons (Fsp3) is 0.478. The molecule has 0 amide bonds. The molecular weight excluding hydrogens is 498 g/mol. The van der Waals surface area contributed by atoms with Crippen LogP contribution >= 0.6 is 23.2 Å². The molecule has 3 heterocycles. The largest absolute Gasteiger partial charge is 0.481 e. The van der Waals surface area contributed by atoms with Crippen molar-refractivity contribution in [2.45, 2.75) is 50.6 Å². The van der Waals surface area contributed by atoms with E-state index in [0.29, 0.717) is 67.6 Å². The highest BCUT2D eigenvalue weighted by Crippen LogP contribution is 2.39. The quantitative estimate of drug-likeness (QED) is 0.393. The molecule has 0 atom stereocenters. The first-order valence-electron chi connectivity index (χ1n) is 11.6. The number of hydrogen-bond acceptors (Lipinski definition) is 7. The molecule has 186 valence electrons. The van der Waals surface area contributed by atoms with Gasteiger partial charge in [0.1, 0.15) is 11.3 Å². The third kappa shape index (κ3) is 5.14. The molecule has 1 aromatic carbocycles. The molecule has 0 radical (unpaired) electrons. The molecule has 1 saturated carbocycles. The maximum atomic E-state index is 13.7. The molecule has 5 rings (SSSR count). The van der Waals surface area contributed by atoms with Crippen molar-refractivity contribution in [3.8, 4) is 0 Å². The molecule has 1 aliphatic carbocycles. The van der Waals surface area contributed by atoms with E-state index in [1.165, 1.54) is 12.1 Å². The van der Waals surface area contributed by atoms with Gasteiger partial charge in [-0.2, -0.15) is 4.98 Å². The second-order valence-corrected chi connectivity index (χ2v) is 9.77. The third-order valence-electron chi connectivity index (χ3n) is 6.64. The molecule has 1 aliphatic heterocycles. The lowest BCUT2D eigenvalue weighted by molar-refractivity contribution is -0.143. The zero-order valence-corrected chi connectivity index (χ0v) is 20.3. The summed E-state index contributed by atoms with van der Waals surface area (Å²) in [6.45, 7) is 1.38. The maximum absolute atomic E-state index is 13.7. The first kappa shape index (κ1) is 24.0. The highest BCUT2D eigenvalue weighted by Gasteiger charge is 2.30. The Morgan fingerprint density at radius 2 is 1.77 bits per heavy atom. The zero-order valence-electron chi connectivity index (χ0n) is 18.8. The van der Waals surface area contributed by atoms with Gasteiger partial charge in [0.25, 0.3) is 0 Å². The van der Waals surface area contributed by atoms with Crippen LogP contribution in [0.5, 0.6) is 0 Å². The minimum absolute atomic E-state index is 0.0399. The number of ether oxygens (including phenoxy) is 1. The summed E-state index contributed by atoms with van der Waals surface area (Å²) in [5.41, 5.74) is 1.52. The number of carboxylic acid groups (broad SMARTS) is 1. The van der Waals surface area contributed by atoms with Crippen molar-refractivity contribution >= 4 is 57.9 Å². The van der Waals surface area contributed by atoms with Crippen molar-refractivity contribution < 1.29 is 19.0 Å². The van der Waals surface area contributed by atoms with Gasteiger partial charge in [-0.3, -0.25) is 9.36 Å². The molecule has 9 nitrogen and oxygen atoms in total. The van der Waals surface area contributed by atoms with Gasteiger partial charge in [0, 0.05) is 25.3 Å². The topological polar surface area (TPSA) is 114 Å². The number of aromatic nitrogens is 4. The van der Waals surface area contributed by atoms with Gasteiger partial charge in [0.15, 0.2) is 5.65 Å². The number of hydrogen-bond donors (Lipinski definition) is 3. The van der Waals surface area contributed by atoms with Gasteiger partial charge in [0.05, 0.1) is 27.8 Å². The zero-order chi connectivity index (χ0) is 24.5. The van der Waals surface area contributed by atoms with E-state index in [4.69, 9.17) is 32.9 Å². The van der Waals surface area contributed by atoms with Crippen LogP contribution < -0.4 is 10.6 Å². The summed E-state index contributed by atoms with van der Waals surface area (Å²) in [7, 11) is 0. The van der Waals surface area contributed by atoms with Crippen LogP contribution in [0.4, 0.5) is 22.0 Å². The molecule has 12 heteroatoms. The average molecular weight is 523 g/mol. The number of rotatable bonds is 6. The van der Waals surface area contributed by atoms with Gasteiger partial charge >= 0.3 is 5.97 Å². The number of anilines is 3. The molecule has 0 spiro atoms. The van der Waals surface area contributed by atoms with Crippen LogP contribution in [0.25, 0.3) is 11.2 Å². The number of carboxylic acids is 1.